The second kappa shape index (κ2) is 6.35. The average molecular weight is 285 g/mol. The van der Waals surface area contributed by atoms with Crippen molar-refractivity contribution in [2.45, 2.75) is 52.1 Å². The van der Waals surface area contributed by atoms with Crippen molar-refractivity contribution in [3.05, 3.63) is 29.8 Å². The third kappa shape index (κ3) is 2.97. The molecule has 112 valence electrons. The molecule has 5 nitrogen and oxygen atoms in total. The molecule has 1 unspecified atom stereocenters. The van der Waals surface area contributed by atoms with Gasteiger partial charge in [-0.15, -0.1) is 0 Å². The van der Waals surface area contributed by atoms with Crippen LogP contribution in [0.4, 0.5) is 0 Å². The zero-order valence-corrected chi connectivity index (χ0v) is 12.8. The molecule has 5 heteroatoms. The zero-order chi connectivity index (χ0) is 14.7. The summed E-state index contributed by atoms with van der Waals surface area (Å²) in [6, 6.07) is 0.413. The predicted octanol–water partition coefficient (Wildman–Crippen LogP) is 2.74. The fraction of sp³-hybridized carbons (Fsp3) is 0.562. The van der Waals surface area contributed by atoms with Gasteiger partial charge in [-0.2, -0.15) is 5.10 Å². The lowest BCUT2D eigenvalue weighted by Gasteiger charge is -2.25. The first kappa shape index (κ1) is 14.2. The molecule has 1 aliphatic rings. The van der Waals surface area contributed by atoms with Gasteiger partial charge in [0.2, 0.25) is 0 Å². The summed E-state index contributed by atoms with van der Waals surface area (Å²) in [5.74, 6) is 0.799. The molecule has 1 atom stereocenters. The van der Waals surface area contributed by atoms with E-state index in [4.69, 9.17) is 4.98 Å². The summed E-state index contributed by atoms with van der Waals surface area (Å²) in [6.45, 7) is 6.21. The average Bonchev–Trinajstić information content (AvgIpc) is 2.96. The Labute approximate surface area is 125 Å². The molecule has 0 saturated heterocycles. The van der Waals surface area contributed by atoms with E-state index in [1.807, 2.05) is 23.3 Å². The van der Waals surface area contributed by atoms with Crippen molar-refractivity contribution in [1.29, 1.82) is 0 Å². The van der Waals surface area contributed by atoms with Crippen LogP contribution in [-0.2, 0) is 13.0 Å². The molecule has 0 saturated carbocycles. The van der Waals surface area contributed by atoms with Crippen LogP contribution >= 0.6 is 0 Å². The minimum absolute atomic E-state index is 0.413. The Morgan fingerprint density at radius 2 is 2.24 bits per heavy atom. The van der Waals surface area contributed by atoms with Gasteiger partial charge in [-0.05, 0) is 32.2 Å². The third-order valence-electron chi connectivity index (χ3n) is 3.98. The summed E-state index contributed by atoms with van der Waals surface area (Å²) in [6.07, 6.45) is 10.4. The minimum Gasteiger partial charge on any atom is -0.310 e. The molecule has 0 amide bonds. The molecule has 2 heterocycles. The van der Waals surface area contributed by atoms with Gasteiger partial charge in [0.05, 0.1) is 11.8 Å². The number of aryl methyl sites for hydroxylation is 2. The van der Waals surface area contributed by atoms with Gasteiger partial charge in [0.15, 0.2) is 5.82 Å². The summed E-state index contributed by atoms with van der Waals surface area (Å²) in [7, 11) is 0. The third-order valence-corrected chi connectivity index (χ3v) is 3.98. The van der Waals surface area contributed by atoms with Gasteiger partial charge < -0.3 is 5.32 Å². The van der Waals surface area contributed by atoms with Gasteiger partial charge in [-0.3, -0.25) is 4.68 Å². The number of rotatable bonds is 5. The van der Waals surface area contributed by atoms with Crippen molar-refractivity contribution in [1.82, 2.24) is 25.1 Å². The Hall–Kier alpha value is -1.75. The number of hydrogen-bond donors (Lipinski definition) is 1. The largest absolute Gasteiger partial charge is 0.310 e. The Morgan fingerprint density at radius 1 is 1.33 bits per heavy atom. The number of hydrogen-bond acceptors (Lipinski definition) is 4. The van der Waals surface area contributed by atoms with Crippen LogP contribution in [0.25, 0.3) is 11.4 Å². The van der Waals surface area contributed by atoms with Crippen LogP contribution in [0.3, 0.4) is 0 Å². The van der Waals surface area contributed by atoms with Gasteiger partial charge in [0.1, 0.15) is 0 Å². The normalized spacial score (nSPS) is 17.7. The van der Waals surface area contributed by atoms with Crippen molar-refractivity contribution in [2.75, 3.05) is 6.54 Å². The van der Waals surface area contributed by atoms with Crippen molar-refractivity contribution in [2.24, 2.45) is 0 Å². The first-order valence-corrected chi connectivity index (χ1v) is 7.93. The SMILES string of the molecule is CCCn1cc(-c2ncc3c(n2)CCCC3NCC)cn1. The molecule has 0 fully saturated rings. The van der Waals surface area contributed by atoms with E-state index in [1.165, 1.54) is 24.1 Å². The molecule has 1 N–H and O–H groups in total. The topological polar surface area (TPSA) is 55.6 Å². The van der Waals surface area contributed by atoms with Gasteiger partial charge in [0.25, 0.3) is 0 Å². The van der Waals surface area contributed by atoms with Gasteiger partial charge >= 0.3 is 0 Å². The first-order chi connectivity index (χ1) is 10.3. The molecule has 0 spiro atoms. The fourth-order valence-electron chi connectivity index (χ4n) is 2.97. The number of nitrogens with zero attached hydrogens (tertiary/aromatic N) is 4. The van der Waals surface area contributed by atoms with Crippen LogP contribution in [0.2, 0.25) is 0 Å². The van der Waals surface area contributed by atoms with Crippen LogP contribution in [0.15, 0.2) is 18.6 Å². The molecule has 2 aromatic rings. The summed E-state index contributed by atoms with van der Waals surface area (Å²) < 4.78 is 1.96. The Balaban J connectivity index is 1.87. The zero-order valence-electron chi connectivity index (χ0n) is 12.8. The molecule has 0 radical (unpaired) electrons. The van der Waals surface area contributed by atoms with E-state index in [1.54, 1.807) is 0 Å². The van der Waals surface area contributed by atoms with Crippen molar-refractivity contribution < 1.29 is 0 Å². The van der Waals surface area contributed by atoms with E-state index in [0.717, 1.165) is 37.3 Å². The van der Waals surface area contributed by atoms with E-state index < -0.39 is 0 Å². The lowest BCUT2D eigenvalue weighted by atomic mass is 9.92. The summed E-state index contributed by atoms with van der Waals surface area (Å²) in [5, 5.41) is 7.89. The molecular formula is C16H23N5. The molecule has 0 aliphatic heterocycles. The van der Waals surface area contributed by atoms with Crippen molar-refractivity contribution >= 4 is 0 Å². The van der Waals surface area contributed by atoms with Crippen molar-refractivity contribution in [3.63, 3.8) is 0 Å². The second-order valence-electron chi connectivity index (χ2n) is 5.59. The molecule has 21 heavy (non-hydrogen) atoms. The molecule has 3 rings (SSSR count). The lowest BCUT2D eigenvalue weighted by Crippen LogP contribution is -2.25. The summed E-state index contributed by atoms with van der Waals surface area (Å²) >= 11 is 0. The fourth-order valence-corrected chi connectivity index (χ4v) is 2.97. The van der Waals surface area contributed by atoms with E-state index >= 15 is 0 Å². The monoisotopic (exact) mass is 285 g/mol. The highest BCUT2D eigenvalue weighted by Gasteiger charge is 2.21. The van der Waals surface area contributed by atoms with Gasteiger partial charge in [-0.1, -0.05) is 13.8 Å². The second-order valence-corrected chi connectivity index (χ2v) is 5.59. The van der Waals surface area contributed by atoms with E-state index in [-0.39, 0.29) is 0 Å². The first-order valence-electron chi connectivity index (χ1n) is 7.93. The van der Waals surface area contributed by atoms with Crippen LogP contribution < -0.4 is 5.32 Å². The molecule has 2 aromatic heterocycles. The number of nitrogens with one attached hydrogen (secondary N) is 1. The summed E-state index contributed by atoms with van der Waals surface area (Å²) in [5.41, 5.74) is 3.48. The predicted molar refractivity (Wildman–Crippen MR) is 82.9 cm³/mol. The number of aromatic nitrogens is 4. The maximum Gasteiger partial charge on any atom is 0.162 e. The minimum atomic E-state index is 0.413. The van der Waals surface area contributed by atoms with Crippen LogP contribution in [-0.4, -0.2) is 26.3 Å². The van der Waals surface area contributed by atoms with Crippen LogP contribution in [0.1, 0.15) is 50.4 Å². The maximum absolute atomic E-state index is 4.79. The standard InChI is InChI=1S/C16H23N5/c1-3-8-21-11-12(9-19-21)16-18-10-13-14(17-4-2)6-5-7-15(13)20-16/h9-11,14,17H,3-8H2,1-2H3. The van der Waals surface area contributed by atoms with Crippen LogP contribution in [0, 0.1) is 0 Å². The molecular weight excluding hydrogens is 262 g/mol. The Kier molecular flexibility index (Phi) is 4.29. The maximum atomic E-state index is 4.79. The molecule has 0 aromatic carbocycles. The highest BCUT2D eigenvalue weighted by Crippen LogP contribution is 2.29. The lowest BCUT2D eigenvalue weighted by molar-refractivity contribution is 0.464. The van der Waals surface area contributed by atoms with Crippen molar-refractivity contribution in [3.8, 4) is 11.4 Å². The van der Waals surface area contributed by atoms with E-state index in [9.17, 15) is 0 Å². The quantitative estimate of drug-likeness (QED) is 0.917. The Bertz CT molecular complexity index is 604. The van der Waals surface area contributed by atoms with Gasteiger partial charge in [0, 0.05) is 36.2 Å². The van der Waals surface area contributed by atoms with Gasteiger partial charge in [-0.25, -0.2) is 9.97 Å². The summed E-state index contributed by atoms with van der Waals surface area (Å²) in [4.78, 5) is 9.35. The molecule has 0 bridgehead atoms. The smallest absolute Gasteiger partial charge is 0.162 e. The van der Waals surface area contributed by atoms with Crippen LogP contribution in [0.5, 0.6) is 0 Å². The number of fused-ring (bicyclic) bond motifs is 1. The molecule has 1 aliphatic carbocycles. The van der Waals surface area contributed by atoms with E-state index in [2.05, 4.69) is 29.2 Å². The van der Waals surface area contributed by atoms with E-state index in [0.29, 0.717) is 6.04 Å². The highest BCUT2D eigenvalue weighted by atomic mass is 15.3. The Morgan fingerprint density at radius 3 is 3.05 bits per heavy atom. The highest BCUT2D eigenvalue weighted by molar-refractivity contribution is 5.52.